The van der Waals surface area contributed by atoms with Crippen LogP contribution in [0.1, 0.15) is 90.4 Å². The van der Waals surface area contributed by atoms with Crippen molar-refractivity contribution < 1.29 is 0 Å². The van der Waals surface area contributed by atoms with Gasteiger partial charge in [0.2, 0.25) is 0 Å². The summed E-state index contributed by atoms with van der Waals surface area (Å²) in [6, 6.07) is 16.3. The van der Waals surface area contributed by atoms with Gasteiger partial charge in [-0.05, 0) is 108 Å². The largest absolute Gasteiger partial charge is 0.397 e. The number of nitrogens with zero attached hydrogens (tertiary/aromatic N) is 3. The summed E-state index contributed by atoms with van der Waals surface area (Å²) in [5, 5.41) is 11.2. The molecule has 5 N–H and O–H groups in total. The summed E-state index contributed by atoms with van der Waals surface area (Å²) in [4.78, 5) is 11.4. The maximum atomic E-state index is 5.51. The number of para-hydroxylation sites is 1. The number of pyridine rings is 2. The molecule has 1 aromatic carbocycles. The van der Waals surface area contributed by atoms with Gasteiger partial charge in [0.15, 0.2) is 0 Å². The van der Waals surface area contributed by atoms with E-state index in [1.54, 1.807) is 6.20 Å². The number of nitrogen functional groups attached to an aromatic ring is 1. The van der Waals surface area contributed by atoms with E-state index in [-0.39, 0.29) is 0 Å². The summed E-state index contributed by atoms with van der Waals surface area (Å²) in [5.41, 5.74) is 7.29. The molecule has 2 fully saturated rings. The number of anilines is 3. The molecule has 2 aliphatic rings. The molecule has 7 heteroatoms. The summed E-state index contributed by atoms with van der Waals surface area (Å²) < 4.78 is 0. The highest BCUT2D eigenvalue weighted by Gasteiger charge is 2.08. The summed E-state index contributed by atoms with van der Waals surface area (Å²) >= 11 is 0. The molecule has 5 rings (SSSR count). The lowest BCUT2D eigenvalue weighted by Gasteiger charge is -2.26. The van der Waals surface area contributed by atoms with Gasteiger partial charge in [-0.2, -0.15) is 0 Å². The van der Waals surface area contributed by atoms with Gasteiger partial charge in [0.1, 0.15) is 11.6 Å². The Morgan fingerprint density at radius 3 is 2.12 bits per heavy atom. The summed E-state index contributed by atoms with van der Waals surface area (Å²) in [6.07, 6.45) is 19.1. The Kier molecular flexibility index (Phi) is 17.4. The van der Waals surface area contributed by atoms with Crippen LogP contribution in [0.3, 0.4) is 0 Å². The van der Waals surface area contributed by atoms with Gasteiger partial charge >= 0.3 is 0 Å². The van der Waals surface area contributed by atoms with Gasteiger partial charge in [-0.25, -0.2) is 9.97 Å². The fourth-order valence-corrected chi connectivity index (χ4v) is 5.28. The third kappa shape index (κ3) is 14.8. The second-order valence-corrected chi connectivity index (χ2v) is 11.6. The summed E-state index contributed by atoms with van der Waals surface area (Å²) in [5.74, 6) is 1.90. The van der Waals surface area contributed by atoms with E-state index in [1.807, 2.05) is 18.2 Å². The minimum absolute atomic E-state index is 0.708. The van der Waals surface area contributed by atoms with Crippen LogP contribution in [0.15, 0.2) is 54.7 Å². The van der Waals surface area contributed by atoms with Crippen molar-refractivity contribution in [3.63, 3.8) is 0 Å². The average molecular weight is 576 g/mol. The molecule has 232 valence electrons. The van der Waals surface area contributed by atoms with Crippen LogP contribution in [0.5, 0.6) is 0 Å². The Morgan fingerprint density at radius 2 is 1.43 bits per heavy atom. The molecule has 2 aliphatic heterocycles. The molecule has 3 aromatic rings. The van der Waals surface area contributed by atoms with Gasteiger partial charge in [-0.15, -0.1) is 0 Å². The van der Waals surface area contributed by atoms with E-state index in [2.05, 4.69) is 68.1 Å². The molecule has 42 heavy (non-hydrogen) atoms. The Bertz CT molecular complexity index is 1050. The van der Waals surface area contributed by atoms with E-state index in [1.165, 1.54) is 122 Å². The first-order valence-electron chi connectivity index (χ1n) is 16.7. The van der Waals surface area contributed by atoms with Crippen molar-refractivity contribution in [3.05, 3.63) is 54.7 Å². The predicted octanol–water partition coefficient (Wildman–Crippen LogP) is 7.72. The Morgan fingerprint density at radius 1 is 0.738 bits per heavy atom. The van der Waals surface area contributed by atoms with Crippen LogP contribution in [0.2, 0.25) is 0 Å². The number of rotatable bonds is 13. The zero-order valence-electron chi connectivity index (χ0n) is 26.3. The normalized spacial score (nSPS) is 15.2. The van der Waals surface area contributed by atoms with Crippen molar-refractivity contribution in [1.29, 1.82) is 0 Å². The van der Waals surface area contributed by atoms with E-state index in [4.69, 9.17) is 5.73 Å². The number of hydrogen-bond donors (Lipinski definition) is 4. The first kappa shape index (κ1) is 33.6. The Hall–Kier alpha value is -2.90. The highest BCUT2D eigenvalue weighted by molar-refractivity contribution is 5.80. The van der Waals surface area contributed by atoms with E-state index in [0.29, 0.717) is 5.69 Å². The molecule has 7 nitrogen and oxygen atoms in total. The fourth-order valence-electron chi connectivity index (χ4n) is 5.28. The molecule has 2 aromatic heterocycles. The molecule has 2 saturated heterocycles. The van der Waals surface area contributed by atoms with Crippen LogP contribution in [0, 0.1) is 0 Å². The SMILES string of the molecule is C1CCNCC1.CCCCCNc1ccc(N)cn1.c1ccc2nc(NCCCCCCN3CCCCC3)ccc2c1. The molecule has 0 atom stereocenters. The molecule has 0 bridgehead atoms. The van der Waals surface area contributed by atoms with Crippen molar-refractivity contribution in [2.24, 2.45) is 0 Å². The molecule has 0 saturated carbocycles. The fraction of sp³-hybridized carbons (Fsp3) is 0.600. The molecular formula is C35H57N7. The average Bonchev–Trinajstić information content (AvgIpc) is 3.05. The highest BCUT2D eigenvalue weighted by atomic mass is 15.1. The first-order valence-corrected chi connectivity index (χ1v) is 16.7. The summed E-state index contributed by atoms with van der Waals surface area (Å²) in [6.45, 7) is 10.7. The Labute approximate surface area is 255 Å². The zero-order chi connectivity index (χ0) is 29.5. The maximum Gasteiger partial charge on any atom is 0.126 e. The van der Waals surface area contributed by atoms with Gasteiger partial charge in [0, 0.05) is 18.5 Å². The van der Waals surface area contributed by atoms with Crippen LogP contribution < -0.4 is 21.7 Å². The second kappa shape index (κ2) is 21.8. The van der Waals surface area contributed by atoms with Gasteiger partial charge in [0.05, 0.1) is 17.4 Å². The highest BCUT2D eigenvalue weighted by Crippen LogP contribution is 2.15. The number of likely N-dealkylation sites (tertiary alicyclic amines) is 1. The number of benzene rings is 1. The Balaban J connectivity index is 0.000000212. The topological polar surface area (TPSA) is 91.1 Å². The van der Waals surface area contributed by atoms with E-state index < -0.39 is 0 Å². The second-order valence-electron chi connectivity index (χ2n) is 11.6. The number of hydrogen-bond acceptors (Lipinski definition) is 7. The molecule has 0 unspecified atom stereocenters. The van der Waals surface area contributed by atoms with Crippen molar-refractivity contribution >= 4 is 28.2 Å². The predicted molar refractivity (Wildman–Crippen MR) is 182 cm³/mol. The minimum atomic E-state index is 0.708. The van der Waals surface area contributed by atoms with Crippen LogP contribution in [-0.4, -0.2) is 60.7 Å². The van der Waals surface area contributed by atoms with Gasteiger partial charge < -0.3 is 26.6 Å². The van der Waals surface area contributed by atoms with Crippen LogP contribution in [-0.2, 0) is 0 Å². The van der Waals surface area contributed by atoms with Crippen molar-refractivity contribution in [2.75, 3.05) is 62.2 Å². The molecule has 0 amide bonds. The van der Waals surface area contributed by atoms with Crippen LogP contribution in [0.25, 0.3) is 10.9 Å². The number of unbranched alkanes of at least 4 members (excludes halogenated alkanes) is 5. The number of nitrogens with one attached hydrogen (secondary N) is 3. The van der Waals surface area contributed by atoms with Gasteiger partial charge in [-0.1, -0.05) is 63.6 Å². The van der Waals surface area contributed by atoms with E-state index in [0.717, 1.165) is 30.2 Å². The number of piperidine rings is 2. The van der Waals surface area contributed by atoms with E-state index in [9.17, 15) is 0 Å². The van der Waals surface area contributed by atoms with Gasteiger partial charge in [0.25, 0.3) is 0 Å². The van der Waals surface area contributed by atoms with Crippen molar-refractivity contribution in [3.8, 4) is 0 Å². The monoisotopic (exact) mass is 575 g/mol. The smallest absolute Gasteiger partial charge is 0.126 e. The minimum Gasteiger partial charge on any atom is -0.397 e. The number of fused-ring (bicyclic) bond motifs is 1. The van der Waals surface area contributed by atoms with Crippen molar-refractivity contribution in [1.82, 2.24) is 20.2 Å². The third-order valence-corrected chi connectivity index (χ3v) is 7.83. The first-order chi connectivity index (χ1) is 20.7. The van der Waals surface area contributed by atoms with Crippen LogP contribution in [0.4, 0.5) is 17.3 Å². The molecular weight excluding hydrogens is 518 g/mol. The van der Waals surface area contributed by atoms with E-state index >= 15 is 0 Å². The molecule has 4 heterocycles. The van der Waals surface area contributed by atoms with Crippen molar-refractivity contribution in [2.45, 2.75) is 90.4 Å². The standard InChI is InChI=1S/C20H29N3.C10H17N3.C5H11N/c1(2-7-15-23-16-8-3-9-17-23)6-14-21-20-13-12-18-10-4-5-11-19(18)22-20;1-2-3-4-7-12-10-6-5-9(11)8-13-10;1-2-4-6-5-3-1/h4-5,10-13H,1-3,6-9,14-17H2,(H,21,22);5-6,8H,2-4,7,11H2,1H3,(H,12,13);6H,1-5H2. The quantitative estimate of drug-likeness (QED) is 0.155. The number of aromatic nitrogens is 2. The number of nitrogens with two attached hydrogens (primary N) is 1. The molecule has 0 spiro atoms. The maximum absolute atomic E-state index is 5.51. The lowest BCUT2D eigenvalue weighted by atomic mass is 10.1. The lowest BCUT2D eigenvalue weighted by molar-refractivity contribution is 0.224. The lowest BCUT2D eigenvalue weighted by Crippen LogP contribution is -2.30. The third-order valence-electron chi connectivity index (χ3n) is 7.83. The summed E-state index contributed by atoms with van der Waals surface area (Å²) in [7, 11) is 0. The van der Waals surface area contributed by atoms with Crippen LogP contribution >= 0.6 is 0 Å². The zero-order valence-corrected chi connectivity index (χ0v) is 26.3. The molecule has 0 radical (unpaired) electrons. The molecule has 0 aliphatic carbocycles. The van der Waals surface area contributed by atoms with Gasteiger partial charge in [-0.3, -0.25) is 0 Å².